The summed E-state index contributed by atoms with van der Waals surface area (Å²) < 4.78 is 0. The first-order valence-corrected chi connectivity index (χ1v) is 8.44. The SMILES string of the molecule is CCNC(=NCC(C)(O)c1ccccc1)NCCC(=O)NC(C)C.I. The molecule has 142 valence electrons. The van der Waals surface area contributed by atoms with Crippen LogP contribution in [0.1, 0.15) is 39.7 Å². The quantitative estimate of drug-likeness (QED) is 0.271. The summed E-state index contributed by atoms with van der Waals surface area (Å²) in [5.41, 5.74) is -0.223. The third-order valence-electron chi connectivity index (χ3n) is 3.38. The second-order valence-corrected chi connectivity index (χ2v) is 6.23. The summed E-state index contributed by atoms with van der Waals surface area (Å²) in [5.74, 6) is 0.593. The van der Waals surface area contributed by atoms with E-state index in [1.165, 1.54) is 0 Å². The molecule has 0 spiro atoms. The number of rotatable bonds is 8. The van der Waals surface area contributed by atoms with Crippen LogP contribution in [0, 0.1) is 0 Å². The van der Waals surface area contributed by atoms with E-state index in [1.54, 1.807) is 6.92 Å². The van der Waals surface area contributed by atoms with Gasteiger partial charge < -0.3 is 21.1 Å². The third kappa shape index (κ3) is 9.64. The molecule has 1 atom stereocenters. The Morgan fingerprint density at radius 1 is 1.24 bits per heavy atom. The van der Waals surface area contributed by atoms with Crippen LogP contribution in [0.5, 0.6) is 0 Å². The molecule has 1 amide bonds. The number of hydrogen-bond donors (Lipinski definition) is 4. The normalized spacial score (nSPS) is 13.6. The Morgan fingerprint density at radius 2 is 1.88 bits per heavy atom. The first-order valence-electron chi connectivity index (χ1n) is 8.44. The minimum Gasteiger partial charge on any atom is -0.384 e. The van der Waals surface area contributed by atoms with Gasteiger partial charge in [-0.2, -0.15) is 0 Å². The molecule has 4 N–H and O–H groups in total. The number of carbonyl (C=O) groups excluding carboxylic acids is 1. The van der Waals surface area contributed by atoms with Gasteiger partial charge in [-0.3, -0.25) is 4.79 Å². The molecule has 0 saturated carbocycles. The van der Waals surface area contributed by atoms with Crippen LogP contribution < -0.4 is 16.0 Å². The molecule has 25 heavy (non-hydrogen) atoms. The maximum absolute atomic E-state index is 11.6. The number of nitrogens with zero attached hydrogens (tertiary/aromatic N) is 1. The zero-order valence-corrected chi connectivity index (χ0v) is 17.8. The van der Waals surface area contributed by atoms with E-state index in [0.717, 1.165) is 5.56 Å². The van der Waals surface area contributed by atoms with E-state index >= 15 is 0 Å². The molecule has 0 aliphatic heterocycles. The zero-order valence-electron chi connectivity index (χ0n) is 15.5. The number of hydrogen-bond acceptors (Lipinski definition) is 3. The van der Waals surface area contributed by atoms with E-state index < -0.39 is 5.60 Å². The van der Waals surface area contributed by atoms with Gasteiger partial charge in [-0.25, -0.2) is 4.99 Å². The first kappa shape index (κ1) is 23.6. The van der Waals surface area contributed by atoms with Crippen LogP contribution in [0.3, 0.4) is 0 Å². The monoisotopic (exact) mass is 462 g/mol. The highest BCUT2D eigenvalue weighted by atomic mass is 127. The number of halogens is 1. The zero-order chi connectivity index (χ0) is 18.0. The van der Waals surface area contributed by atoms with Crippen molar-refractivity contribution in [1.29, 1.82) is 0 Å². The fraction of sp³-hybridized carbons (Fsp3) is 0.556. The van der Waals surface area contributed by atoms with Crippen LogP contribution in [0.4, 0.5) is 0 Å². The van der Waals surface area contributed by atoms with Crippen molar-refractivity contribution in [3.05, 3.63) is 35.9 Å². The molecule has 0 radical (unpaired) electrons. The Morgan fingerprint density at radius 3 is 2.44 bits per heavy atom. The molecule has 1 aromatic carbocycles. The first-order chi connectivity index (χ1) is 11.3. The second-order valence-electron chi connectivity index (χ2n) is 6.23. The Kier molecular flexibility index (Phi) is 11.4. The summed E-state index contributed by atoms with van der Waals surface area (Å²) >= 11 is 0. The van der Waals surface area contributed by atoms with E-state index in [9.17, 15) is 9.90 Å². The predicted octanol–water partition coefficient (Wildman–Crippen LogP) is 1.98. The number of aliphatic imine (C=N–C) groups is 1. The van der Waals surface area contributed by atoms with Gasteiger partial charge in [0.25, 0.3) is 0 Å². The molecule has 0 aromatic heterocycles. The van der Waals surface area contributed by atoms with Crippen molar-refractivity contribution in [2.75, 3.05) is 19.6 Å². The van der Waals surface area contributed by atoms with Gasteiger partial charge in [0.2, 0.25) is 5.91 Å². The maximum atomic E-state index is 11.6. The molecule has 6 nitrogen and oxygen atoms in total. The summed E-state index contributed by atoms with van der Waals surface area (Å²) in [5, 5.41) is 19.7. The third-order valence-corrected chi connectivity index (χ3v) is 3.38. The summed E-state index contributed by atoms with van der Waals surface area (Å²) in [6.45, 7) is 8.99. The molecule has 7 heteroatoms. The predicted molar refractivity (Wildman–Crippen MR) is 113 cm³/mol. The van der Waals surface area contributed by atoms with Gasteiger partial charge in [-0.15, -0.1) is 24.0 Å². The van der Waals surface area contributed by atoms with Gasteiger partial charge >= 0.3 is 0 Å². The van der Waals surface area contributed by atoms with Gasteiger partial charge in [-0.1, -0.05) is 30.3 Å². The van der Waals surface area contributed by atoms with Crippen molar-refractivity contribution in [3.63, 3.8) is 0 Å². The smallest absolute Gasteiger partial charge is 0.221 e. The molecule has 0 aliphatic carbocycles. The minimum absolute atomic E-state index is 0. The lowest BCUT2D eigenvalue weighted by Gasteiger charge is -2.22. The van der Waals surface area contributed by atoms with Crippen LogP contribution in [0.15, 0.2) is 35.3 Å². The van der Waals surface area contributed by atoms with Crippen LogP contribution in [-0.4, -0.2) is 42.6 Å². The molecule has 0 aliphatic rings. The molecule has 0 heterocycles. The van der Waals surface area contributed by atoms with Crippen molar-refractivity contribution in [2.24, 2.45) is 4.99 Å². The van der Waals surface area contributed by atoms with E-state index in [0.29, 0.717) is 25.5 Å². The number of aliphatic hydroxyl groups is 1. The average Bonchev–Trinajstić information content (AvgIpc) is 2.53. The molecule has 1 rings (SSSR count). The second kappa shape index (κ2) is 12.1. The van der Waals surface area contributed by atoms with E-state index in [4.69, 9.17) is 0 Å². The summed E-state index contributed by atoms with van der Waals surface area (Å²) in [6, 6.07) is 9.60. The molecule has 0 fully saturated rings. The lowest BCUT2D eigenvalue weighted by Crippen LogP contribution is -2.41. The highest BCUT2D eigenvalue weighted by Gasteiger charge is 2.22. The van der Waals surface area contributed by atoms with Crippen molar-refractivity contribution < 1.29 is 9.90 Å². The van der Waals surface area contributed by atoms with Gasteiger partial charge in [0, 0.05) is 25.6 Å². The van der Waals surface area contributed by atoms with Crippen LogP contribution in [0.2, 0.25) is 0 Å². The van der Waals surface area contributed by atoms with E-state index in [2.05, 4.69) is 20.9 Å². The van der Waals surface area contributed by atoms with Crippen molar-refractivity contribution >= 4 is 35.8 Å². The fourth-order valence-electron chi connectivity index (χ4n) is 2.15. The van der Waals surface area contributed by atoms with Gasteiger partial charge in [0.15, 0.2) is 5.96 Å². The molecular weight excluding hydrogens is 431 g/mol. The molecule has 1 aromatic rings. The number of amides is 1. The molecule has 0 bridgehead atoms. The van der Waals surface area contributed by atoms with Crippen molar-refractivity contribution in [3.8, 4) is 0 Å². The highest BCUT2D eigenvalue weighted by molar-refractivity contribution is 14.0. The topological polar surface area (TPSA) is 85.8 Å². The molecular formula is C18H31IN4O2. The van der Waals surface area contributed by atoms with E-state index in [-0.39, 0.29) is 42.5 Å². The lowest BCUT2D eigenvalue weighted by molar-refractivity contribution is -0.121. The van der Waals surface area contributed by atoms with Crippen LogP contribution in [0.25, 0.3) is 0 Å². The molecule has 1 unspecified atom stereocenters. The summed E-state index contributed by atoms with van der Waals surface area (Å²) in [7, 11) is 0. The number of guanidine groups is 1. The summed E-state index contributed by atoms with van der Waals surface area (Å²) in [4.78, 5) is 16.1. The maximum Gasteiger partial charge on any atom is 0.221 e. The number of carbonyl (C=O) groups is 1. The van der Waals surface area contributed by atoms with Crippen molar-refractivity contribution in [1.82, 2.24) is 16.0 Å². The van der Waals surface area contributed by atoms with Crippen LogP contribution >= 0.6 is 24.0 Å². The molecule has 0 saturated heterocycles. The Bertz CT molecular complexity index is 533. The Balaban J connectivity index is 0.00000576. The standard InChI is InChI=1S/C18H30N4O2.HI/c1-5-19-17(20-12-11-16(23)22-14(2)3)21-13-18(4,24)15-9-7-6-8-10-15;/h6-10,14,24H,5,11-13H2,1-4H3,(H,22,23)(H2,19,20,21);1H. The fourth-order valence-corrected chi connectivity index (χ4v) is 2.15. The average molecular weight is 462 g/mol. The van der Waals surface area contributed by atoms with Gasteiger partial charge in [0.05, 0.1) is 6.54 Å². The Labute approximate surface area is 167 Å². The minimum atomic E-state index is -1.04. The van der Waals surface area contributed by atoms with Gasteiger partial charge in [-0.05, 0) is 33.3 Å². The highest BCUT2D eigenvalue weighted by Crippen LogP contribution is 2.20. The van der Waals surface area contributed by atoms with Crippen LogP contribution in [-0.2, 0) is 10.4 Å². The van der Waals surface area contributed by atoms with Gasteiger partial charge in [0.1, 0.15) is 5.60 Å². The lowest BCUT2D eigenvalue weighted by atomic mass is 9.96. The Hall–Kier alpha value is -1.35. The van der Waals surface area contributed by atoms with Crippen molar-refractivity contribution in [2.45, 2.75) is 45.8 Å². The number of nitrogens with one attached hydrogen (secondary N) is 3. The number of benzene rings is 1. The largest absolute Gasteiger partial charge is 0.384 e. The van der Waals surface area contributed by atoms with E-state index in [1.807, 2.05) is 51.1 Å². The summed E-state index contributed by atoms with van der Waals surface area (Å²) in [6.07, 6.45) is 0.373.